The molecular weight excluding hydrogens is 272 g/mol. The van der Waals surface area contributed by atoms with Gasteiger partial charge in [-0.05, 0) is 25.3 Å². The Hall–Kier alpha value is -1.14. The van der Waals surface area contributed by atoms with Gasteiger partial charge in [-0.25, -0.2) is 4.79 Å². The van der Waals surface area contributed by atoms with E-state index in [1.807, 2.05) is 0 Å². The zero-order valence-corrected chi connectivity index (χ0v) is 12.9. The Labute approximate surface area is 126 Å². The second-order valence-electron chi connectivity index (χ2n) is 5.82. The van der Waals surface area contributed by atoms with Crippen molar-refractivity contribution >= 4 is 11.9 Å². The fourth-order valence-electron chi connectivity index (χ4n) is 2.85. The highest BCUT2D eigenvalue weighted by molar-refractivity contribution is 5.87. The number of nitrogens with one attached hydrogen (secondary N) is 1. The van der Waals surface area contributed by atoms with E-state index >= 15 is 0 Å². The smallest absolute Gasteiger partial charge is 0.329 e. The molecular formula is C15H28N2O4. The summed E-state index contributed by atoms with van der Waals surface area (Å²) in [4.78, 5) is 23.6. The van der Waals surface area contributed by atoms with Crippen LogP contribution in [0.5, 0.6) is 0 Å². The molecule has 0 aliphatic carbocycles. The topological polar surface area (TPSA) is 102 Å². The number of nitrogens with two attached hydrogens (primary N) is 1. The quantitative estimate of drug-likeness (QED) is 0.595. The van der Waals surface area contributed by atoms with Crippen LogP contribution in [0.4, 0.5) is 0 Å². The molecule has 1 rings (SSSR count). The summed E-state index contributed by atoms with van der Waals surface area (Å²) in [6, 6.07) is 0. The fourth-order valence-corrected chi connectivity index (χ4v) is 2.85. The lowest BCUT2D eigenvalue weighted by Crippen LogP contribution is -2.57. The Morgan fingerprint density at radius 3 is 2.48 bits per heavy atom. The standard InChI is InChI=1S/C15H28N2O4/c1-2-3-12(6-9-16)4-5-13(18)17-15(14(19)20)7-10-21-11-8-15/h12H,2-11,16H2,1H3,(H,17,18)(H,19,20). The Kier molecular flexibility index (Phi) is 7.67. The SMILES string of the molecule is CCCC(CCN)CCC(=O)NC1(C(=O)O)CCOCC1. The van der Waals surface area contributed by atoms with Crippen molar-refractivity contribution < 1.29 is 19.4 Å². The molecule has 6 heteroatoms. The minimum atomic E-state index is -1.15. The van der Waals surface area contributed by atoms with E-state index in [1.54, 1.807) is 0 Å². The second-order valence-corrected chi connectivity index (χ2v) is 5.82. The number of carbonyl (C=O) groups is 2. The van der Waals surface area contributed by atoms with Crippen LogP contribution in [0.15, 0.2) is 0 Å². The van der Waals surface area contributed by atoms with Gasteiger partial charge in [-0.2, -0.15) is 0 Å². The molecule has 1 fully saturated rings. The molecule has 0 radical (unpaired) electrons. The Bertz CT molecular complexity index is 335. The average Bonchev–Trinajstić information content (AvgIpc) is 2.46. The van der Waals surface area contributed by atoms with Crippen molar-refractivity contribution in [3.63, 3.8) is 0 Å². The third-order valence-corrected chi connectivity index (χ3v) is 4.19. The van der Waals surface area contributed by atoms with Crippen molar-refractivity contribution in [1.29, 1.82) is 0 Å². The van der Waals surface area contributed by atoms with Crippen molar-refractivity contribution in [3.8, 4) is 0 Å². The molecule has 1 atom stereocenters. The molecule has 0 spiro atoms. The normalized spacial score (nSPS) is 19.0. The predicted molar refractivity (Wildman–Crippen MR) is 79.9 cm³/mol. The molecule has 0 aromatic heterocycles. The van der Waals surface area contributed by atoms with E-state index < -0.39 is 11.5 Å². The van der Waals surface area contributed by atoms with E-state index in [2.05, 4.69) is 12.2 Å². The number of amides is 1. The summed E-state index contributed by atoms with van der Waals surface area (Å²) < 4.78 is 5.19. The lowest BCUT2D eigenvalue weighted by Gasteiger charge is -2.34. The van der Waals surface area contributed by atoms with Gasteiger partial charge in [0.15, 0.2) is 0 Å². The maximum Gasteiger partial charge on any atom is 0.329 e. The van der Waals surface area contributed by atoms with Crippen LogP contribution in [-0.2, 0) is 14.3 Å². The highest BCUT2D eigenvalue weighted by atomic mass is 16.5. The van der Waals surface area contributed by atoms with Crippen LogP contribution >= 0.6 is 0 Å². The zero-order chi connectivity index (χ0) is 15.7. The highest BCUT2D eigenvalue weighted by Gasteiger charge is 2.41. The van der Waals surface area contributed by atoms with Crippen molar-refractivity contribution in [2.24, 2.45) is 11.7 Å². The third-order valence-electron chi connectivity index (χ3n) is 4.19. The van der Waals surface area contributed by atoms with Gasteiger partial charge in [-0.3, -0.25) is 4.79 Å². The molecule has 4 N–H and O–H groups in total. The highest BCUT2D eigenvalue weighted by Crippen LogP contribution is 2.22. The predicted octanol–water partition coefficient (Wildman–Crippen LogP) is 1.28. The van der Waals surface area contributed by atoms with Gasteiger partial charge in [-0.1, -0.05) is 19.8 Å². The van der Waals surface area contributed by atoms with Crippen LogP contribution in [0.2, 0.25) is 0 Å². The molecule has 122 valence electrons. The summed E-state index contributed by atoms with van der Waals surface area (Å²) in [5.41, 5.74) is 4.43. The maximum absolute atomic E-state index is 12.1. The number of aliphatic carboxylic acids is 1. The lowest BCUT2D eigenvalue weighted by atomic mass is 9.89. The Balaban J connectivity index is 2.48. The first-order chi connectivity index (χ1) is 10.0. The molecule has 1 aliphatic heterocycles. The molecule has 6 nitrogen and oxygen atoms in total. The van der Waals surface area contributed by atoms with E-state index in [1.165, 1.54) is 0 Å². The molecule has 1 unspecified atom stereocenters. The van der Waals surface area contributed by atoms with Crippen molar-refractivity contribution in [1.82, 2.24) is 5.32 Å². The summed E-state index contributed by atoms with van der Waals surface area (Å²) in [6.07, 6.45) is 4.83. The number of carbonyl (C=O) groups excluding carboxylic acids is 1. The fraction of sp³-hybridized carbons (Fsp3) is 0.867. The van der Waals surface area contributed by atoms with Gasteiger partial charge in [0.2, 0.25) is 5.91 Å². The first kappa shape index (κ1) is 17.9. The average molecular weight is 300 g/mol. The van der Waals surface area contributed by atoms with Gasteiger partial charge in [0.25, 0.3) is 0 Å². The molecule has 0 saturated carbocycles. The lowest BCUT2D eigenvalue weighted by molar-refractivity contribution is -0.152. The number of hydrogen-bond acceptors (Lipinski definition) is 4. The van der Waals surface area contributed by atoms with Crippen LogP contribution in [0.25, 0.3) is 0 Å². The second kappa shape index (κ2) is 9.00. The summed E-state index contributed by atoms with van der Waals surface area (Å²) in [6.45, 7) is 3.49. The summed E-state index contributed by atoms with van der Waals surface area (Å²) in [5.74, 6) is -0.704. The summed E-state index contributed by atoms with van der Waals surface area (Å²) in [5, 5.41) is 12.1. The first-order valence-electron chi connectivity index (χ1n) is 7.86. The van der Waals surface area contributed by atoms with Gasteiger partial charge in [0, 0.05) is 32.5 Å². The molecule has 0 aromatic carbocycles. The number of rotatable bonds is 9. The molecule has 1 heterocycles. The van der Waals surface area contributed by atoms with Crippen LogP contribution in [-0.4, -0.2) is 42.3 Å². The molecule has 0 bridgehead atoms. The largest absolute Gasteiger partial charge is 0.480 e. The van der Waals surface area contributed by atoms with Crippen LogP contribution in [0.3, 0.4) is 0 Å². The molecule has 21 heavy (non-hydrogen) atoms. The Morgan fingerprint density at radius 2 is 1.95 bits per heavy atom. The van der Waals surface area contributed by atoms with Crippen LogP contribution in [0.1, 0.15) is 51.9 Å². The summed E-state index contributed by atoms with van der Waals surface area (Å²) >= 11 is 0. The number of hydrogen-bond donors (Lipinski definition) is 3. The molecule has 1 amide bonds. The van der Waals surface area contributed by atoms with Gasteiger partial charge in [0.05, 0.1) is 0 Å². The van der Waals surface area contributed by atoms with Gasteiger partial charge in [0.1, 0.15) is 5.54 Å². The number of carboxylic acid groups (broad SMARTS) is 1. The summed E-state index contributed by atoms with van der Waals surface area (Å²) in [7, 11) is 0. The third kappa shape index (κ3) is 5.63. The van der Waals surface area contributed by atoms with E-state index in [0.29, 0.717) is 44.9 Å². The van der Waals surface area contributed by atoms with Gasteiger partial charge < -0.3 is 20.9 Å². The number of carboxylic acids is 1. The first-order valence-corrected chi connectivity index (χ1v) is 7.86. The Morgan fingerprint density at radius 1 is 1.29 bits per heavy atom. The minimum absolute atomic E-state index is 0.183. The van der Waals surface area contributed by atoms with Crippen molar-refractivity contribution in [2.45, 2.75) is 57.4 Å². The molecule has 1 aliphatic rings. The monoisotopic (exact) mass is 300 g/mol. The maximum atomic E-state index is 12.1. The van der Waals surface area contributed by atoms with E-state index in [-0.39, 0.29) is 5.91 Å². The van der Waals surface area contributed by atoms with E-state index in [4.69, 9.17) is 10.5 Å². The molecule has 0 aromatic rings. The van der Waals surface area contributed by atoms with Gasteiger partial charge >= 0.3 is 5.97 Å². The van der Waals surface area contributed by atoms with Crippen molar-refractivity contribution in [2.75, 3.05) is 19.8 Å². The minimum Gasteiger partial charge on any atom is -0.480 e. The van der Waals surface area contributed by atoms with E-state index in [9.17, 15) is 14.7 Å². The zero-order valence-electron chi connectivity index (χ0n) is 12.9. The van der Waals surface area contributed by atoms with Crippen LogP contribution < -0.4 is 11.1 Å². The molecule has 1 saturated heterocycles. The van der Waals surface area contributed by atoms with Gasteiger partial charge in [-0.15, -0.1) is 0 Å². The van der Waals surface area contributed by atoms with Crippen molar-refractivity contribution in [3.05, 3.63) is 0 Å². The number of ether oxygens (including phenoxy) is 1. The van der Waals surface area contributed by atoms with E-state index in [0.717, 1.165) is 25.7 Å². The van der Waals surface area contributed by atoms with Crippen LogP contribution in [0, 0.1) is 5.92 Å².